The van der Waals surface area contributed by atoms with Crippen molar-refractivity contribution < 1.29 is 24.9 Å². The van der Waals surface area contributed by atoms with Crippen molar-refractivity contribution in [3.8, 4) is 11.5 Å². The number of benzene rings is 3. The molecule has 176 valence electrons. The molecule has 6 heteroatoms. The molecule has 3 N–H and O–H groups in total. The summed E-state index contributed by atoms with van der Waals surface area (Å²) in [5, 5.41) is 32.6. The number of carbonyl (C=O) groups is 1. The van der Waals surface area contributed by atoms with E-state index < -0.39 is 12.1 Å². The first-order valence-corrected chi connectivity index (χ1v) is 11.5. The van der Waals surface area contributed by atoms with Crippen LogP contribution in [0.4, 0.5) is 0 Å². The second-order valence-electron chi connectivity index (χ2n) is 8.48. The van der Waals surface area contributed by atoms with E-state index in [-0.39, 0.29) is 24.7 Å². The number of phenols is 2. The topological polar surface area (TPSA) is 91.9 Å². The fourth-order valence-electron chi connectivity index (χ4n) is 4.22. The van der Waals surface area contributed by atoms with E-state index in [9.17, 15) is 20.1 Å². The second-order valence-corrected chi connectivity index (χ2v) is 8.48. The molecule has 0 bridgehead atoms. The van der Waals surface area contributed by atoms with Crippen LogP contribution in [0.25, 0.3) is 10.9 Å². The molecule has 4 aromatic rings. The maximum Gasteiger partial charge on any atom is 0.338 e. The number of hydrogen-bond acceptors (Lipinski definition) is 5. The van der Waals surface area contributed by atoms with Crippen LogP contribution >= 0.6 is 0 Å². The van der Waals surface area contributed by atoms with Crippen LogP contribution in [-0.2, 0) is 24.1 Å². The summed E-state index contributed by atoms with van der Waals surface area (Å²) in [6.07, 6.45) is 3.04. The standard InChI is InChI=1S/C28H29NO5/c1-2-8-19-13-26(31)24(27(32)14-19)17-29-16-21(23-11-6-7-12-25(23)29)15-22(30)18-34-28(33)20-9-4-3-5-10-20/h3-7,9-14,16,22,30-32H,2,8,15,17-18H2,1H3. The minimum atomic E-state index is -0.873. The van der Waals surface area contributed by atoms with Gasteiger partial charge in [-0.15, -0.1) is 0 Å². The summed E-state index contributed by atoms with van der Waals surface area (Å²) in [7, 11) is 0. The third kappa shape index (κ3) is 5.24. The van der Waals surface area contributed by atoms with Crippen molar-refractivity contribution in [2.45, 2.75) is 38.8 Å². The molecule has 4 rings (SSSR count). The number of esters is 1. The smallest absolute Gasteiger partial charge is 0.338 e. The van der Waals surface area contributed by atoms with Gasteiger partial charge in [0.05, 0.1) is 23.8 Å². The van der Waals surface area contributed by atoms with Gasteiger partial charge in [-0.05, 0) is 47.9 Å². The molecule has 0 spiro atoms. The Bertz CT molecular complexity index is 1260. The highest BCUT2D eigenvalue weighted by Gasteiger charge is 2.17. The van der Waals surface area contributed by atoms with Crippen LogP contribution in [0.2, 0.25) is 0 Å². The molecule has 0 aliphatic rings. The Morgan fingerprint density at radius 1 is 1.00 bits per heavy atom. The SMILES string of the molecule is CCCc1cc(O)c(Cn2cc(CC(O)COC(=O)c3ccccc3)c3ccccc32)c(O)c1. The Balaban J connectivity index is 1.51. The number of aromatic hydroxyl groups is 2. The highest BCUT2D eigenvalue weighted by Crippen LogP contribution is 2.32. The van der Waals surface area contributed by atoms with Gasteiger partial charge in [-0.3, -0.25) is 0 Å². The summed E-state index contributed by atoms with van der Waals surface area (Å²) in [5.74, 6) is -0.342. The zero-order chi connectivity index (χ0) is 24.1. The highest BCUT2D eigenvalue weighted by atomic mass is 16.5. The summed E-state index contributed by atoms with van der Waals surface area (Å²) in [6, 6.07) is 19.9. The molecule has 1 atom stereocenters. The Labute approximate surface area is 198 Å². The lowest BCUT2D eigenvalue weighted by atomic mass is 10.1. The zero-order valence-corrected chi connectivity index (χ0v) is 19.1. The molecule has 34 heavy (non-hydrogen) atoms. The monoisotopic (exact) mass is 459 g/mol. The number of para-hydroxylation sites is 1. The van der Waals surface area contributed by atoms with Gasteiger partial charge in [-0.1, -0.05) is 49.7 Å². The number of aliphatic hydroxyl groups excluding tert-OH is 1. The van der Waals surface area contributed by atoms with Crippen LogP contribution in [0.1, 0.15) is 40.4 Å². The number of nitrogens with zero attached hydrogens (tertiary/aromatic N) is 1. The average molecular weight is 460 g/mol. The molecule has 1 heterocycles. The predicted octanol–water partition coefficient (Wildman–Crippen LogP) is 4.81. The number of aliphatic hydroxyl groups is 1. The van der Waals surface area contributed by atoms with E-state index in [2.05, 4.69) is 0 Å². The number of hydrogen-bond donors (Lipinski definition) is 3. The maximum atomic E-state index is 12.2. The number of ether oxygens (including phenoxy) is 1. The molecule has 0 saturated heterocycles. The predicted molar refractivity (Wildman–Crippen MR) is 131 cm³/mol. The Morgan fingerprint density at radius 3 is 2.38 bits per heavy atom. The molecule has 1 unspecified atom stereocenters. The molecule has 0 amide bonds. The first kappa shape index (κ1) is 23.4. The first-order chi connectivity index (χ1) is 16.5. The van der Waals surface area contributed by atoms with Crippen LogP contribution in [-0.4, -0.2) is 38.6 Å². The van der Waals surface area contributed by atoms with Crippen molar-refractivity contribution in [1.29, 1.82) is 0 Å². The van der Waals surface area contributed by atoms with E-state index in [0.29, 0.717) is 17.5 Å². The third-order valence-electron chi connectivity index (χ3n) is 5.87. The minimum absolute atomic E-state index is 0.0654. The van der Waals surface area contributed by atoms with Crippen molar-refractivity contribution in [1.82, 2.24) is 4.57 Å². The summed E-state index contributed by atoms with van der Waals surface area (Å²) >= 11 is 0. The summed E-state index contributed by atoms with van der Waals surface area (Å²) in [4.78, 5) is 12.2. The number of phenolic OH excluding ortho intramolecular Hbond substituents is 2. The highest BCUT2D eigenvalue weighted by molar-refractivity contribution is 5.89. The summed E-state index contributed by atoms with van der Waals surface area (Å²) < 4.78 is 7.22. The van der Waals surface area contributed by atoms with Gasteiger partial charge in [0.25, 0.3) is 0 Å². The van der Waals surface area contributed by atoms with E-state index >= 15 is 0 Å². The average Bonchev–Trinajstić information content (AvgIpc) is 3.18. The molecular weight excluding hydrogens is 430 g/mol. The van der Waals surface area contributed by atoms with Gasteiger partial charge in [-0.25, -0.2) is 4.79 Å². The van der Waals surface area contributed by atoms with Crippen LogP contribution < -0.4 is 0 Å². The Morgan fingerprint density at radius 2 is 1.68 bits per heavy atom. The third-order valence-corrected chi connectivity index (χ3v) is 5.87. The van der Waals surface area contributed by atoms with Crippen LogP contribution in [0.5, 0.6) is 11.5 Å². The lowest BCUT2D eigenvalue weighted by Gasteiger charge is -2.12. The molecule has 0 aliphatic heterocycles. The van der Waals surface area contributed by atoms with Crippen molar-refractivity contribution in [2.75, 3.05) is 6.61 Å². The Hall–Kier alpha value is -3.77. The van der Waals surface area contributed by atoms with Gasteiger partial charge in [0.15, 0.2) is 0 Å². The summed E-state index contributed by atoms with van der Waals surface area (Å²) in [5.41, 5.74) is 3.59. The van der Waals surface area contributed by atoms with Crippen molar-refractivity contribution in [2.24, 2.45) is 0 Å². The van der Waals surface area contributed by atoms with E-state index in [1.807, 2.05) is 48.0 Å². The van der Waals surface area contributed by atoms with Gasteiger partial charge >= 0.3 is 5.97 Å². The maximum absolute atomic E-state index is 12.2. The van der Waals surface area contributed by atoms with Crippen molar-refractivity contribution >= 4 is 16.9 Å². The van der Waals surface area contributed by atoms with E-state index in [1.54, 1.807) is 36.4 Å². The molecule has 1 aromatic heterocycles. The lowest BCUT2D eigenvalue weighted by Crippen LogP contribution is -2.20. The van der Waals surface area contributed by atoms with Gasteiger partial charge in [0.2, 0.25) is 0 Å². The quantitative estimate of drug-likeness (QED) is 0.312. The van der Waals surface area contributed by atoms with E-state index in [1.165, 1.54) is 0 Å². The zero-order valence-electron chi connectivity index (χ0n) is 19.1. The fourth-order valence-corrected chi connectivity index (χ4v) is 4.22. The Kier molecular flexibility index (Phi) is 7.18. The van der Waals surface area contributed by atoms with Crippen molar-refractivity contribution in [3.05, 3.63) is 95.2 Å². The van der Waals surface area contributed by atoms with Crippen molar-refractivity contribution in [3.63, 3.8) is 0 Å². The molecular formula is C28H29NO5. The van der Waals surface area contributed by atoms with Gasteiger partial charge < -0.3 is 24.6 Å². The van der Waals surface area contributed by atoms with Crippen LogP contribution in [0.3, 0.4) is 0 Å². The molecule has 0 saturated carbocycles. The number of rotatable bonds is 9. The summed E-state index contributed by atoms with van der Waals surface area (Å²) in [6.45, 7) is 2.21. The number of aryl methyl sites for hydroxylation is 1. The minimum Gasteiger partial charge on any atom is -0.507 e. The van der Waals surface area contributed by atoms with E-state index in [0.717, 1.165) is 34.9 Å². The van der Waals surface area contributed by atoms with Crippen LogP contribution in [0, 0.1) is 0 Å². The largest absolute Gasteiger partial charge is 0.507 e. The number of carbonyl (C=O) groups excluding carboxylic acids is 1. The van der Waals surface area contributed by atoms with Crippen LogP contribution in [0.15, 0.2) is 72.9 Å². The number of aromatic nitrogens is 1. The van der Waals surface area contributed by atoms with Gasteiger partial charge in [-0.2, -0.15) is 0 Å². The molecule has 0 radical (unpaired) electrons. The fraction of sp³-hybridized carbons (Fsp3) is 0.250. The normalized spacial score (nSPS) is 12.1. The lowest BCUT2D eigenvalue weighted by molar-refractivity contribution is 0.0259. The van der Waals surface area contributed by atoms with Gasteiger partial charge in [0, 0.05) is 23.5 Å². The molecule has 0 fully saturated rings. The molecule has 3 aromatic carbocycles. The van der Waals surface area contributed by atoms with E-state index in [4.69, 9.17) is 4.74 Å². The second kappa shape index (κ2) is 10.4. The van der Waals surface area contributed by atoms with Gasteiger partial charge in [0.1, 0.15) is 18.1 Å². The first-order valence-electron chi connectivity index (χ1n) is 11.5. The molecule has 6 nitrogen and oxygen atoms in total. The number of fused-ring (bicyclic) bond motifs is 1. The molecule has 0 aliphatic carbocycles.